The molecular formula is C11H15N4O6P. The Kier molecular flexibility index (Phi) is 3.79. The predicted molar refractivity (Wildman–Crippen MR) is 75.9 cm³/mol. The Morgan fingerprint density at radius 3 is 3.05 bits per heavy atom. The van der Waals surface area contributed by atoms with Gasteiger partial charge in [0.1, 0.15) is 6.23 Å². The van der Waals surface area contributed by atoms with Gasteiger partial charge in [-0.3, -0.25) is 14.3 Å². The summed E-state index contributed by atoms with van der Waals surface area (Å²) >= 11 is 0. The molecule has 1 saturated heterocycles. The minimum absolute atomic E-state index is 0.0110. The molecule has 0 aromatic carbocycles. The highest BCUT2D eigenvalue weighted by atomic mass is 31.2. The van der Waals surface area contributed by atoms with Gasteiger partial charge >= 0.3 is 7.82 Å². The van der Waals surface area contributed by atoms with Crippen molar-refractivity contribution in [1.82, 2.24) is 14.5 Å². The van der Waals surface area contributed by atoms with E-state index >= 15 is 0 Å². The van der Waals surface area contributed by atoms with Gasteiger partial charge in [0.25, 0.3) is 5.56 Å². The summed E-state index contributed by atoms with van der Waals surface area (Å²) in [5.74, 6) is 0.0110. The van der Waals surface area contributed by atoms with Crippen LogP contribution in [0, 0.1) is 0 Å². The summed E-state index contributed by atoms with van der Waals surface area (Å²) in [6.45, 7) is -0.198. The highest BCUT2D eigenvalue weighted by Gasteiger charge is 2.30. The quantitative estimate of drug-likeness (QED) is 0.575. The zero-order valence-electron chi connectivity index (χ0n) is 11.4. The number of hydrogen-bond donors (Lipinski definition) is 4. The molecule has 1 aliphatic heterocycles. The van der Waals surface area contributed by atoms with Crippen LogP contribution in [0.4, 0.5) is 5.95 Å². The smallest absolute Gasteiger partial charge is 0.369 e. The molecule has 0 aliphatic carbocycles. The summed E-state index contributed by atoms with van der Waals surface area (Å²) in [6.07, 6.45) is 2.02. The molecule has 3 heterocycles. The summed E-state index contributed by atoms with van der Waals surface area (Å²) in [6, 6.07) is 1.61. The Morgan fingerprint density at radius 2 is 2.32 bits per heavy atom. The number of rotatable bonds is 4. The predicted octanol–water partition coefficient (Wildman–Crippen LogP) is 0.0937. The van der Waals surface area contributed by atoms with Crippen LogP contribution in [0.25, 0.3) is 11.0 Å². The monoisotopic (exact) mass is 330 g/mol. The topological polar surface area (TPSA) is 153 Å². The van der Waals surface area contributed by atoms with Crippen LogP contribution in [0.3, 0.4) is 0 Å². The van der Waals surface area contributed by atoms with Crippen molar-refractivity contribution in [2.75, 3.05) is 12.3 Å². The third kappa shape index (κ3) is 3.06. The van der Waals surface area contributed by atoms with Crippen LogP contribution in [0.2, 0.25) is 0 Å². The maximum Gasteiger partial charge on any atom is 0.469 e. The average Bonchev–Trinajstić information content (AvgIpc) is 3.01. The van der Waals surface area contributed by atoms with Gasteiger partial charge in [-0.15, -0.1) is 0 Å². The lowest BCUT2D eigenvalue weighted by Gasteiger charge is -2.16. The molecule has 120 valence electrons. The third-order valence-electron chi connectivity index (χ3n) is 3.42. The fraction of sp³-hybridized carbons (Fsp3) is 0.455. The van der Waals surface area contributed by atoms with Gasteiger partial charge in [0, 0.05) is 6.20 Å². The normalized spacial score (nSPS) is 22.5. The van der Waals surface area contributed by atoms with Crippen LogP contribution in [-0.4, -0.2) is 37.0 Å². The van der Waals surface area contributed by atoms with Crippen LogP contribution in [0.5, 0.6) is 0 Å². The Labute approximate surface area is 124 Å². The molecule has 0 radical (unpaired) electrons. The Balaban J connectivity index is 1.79. The zero-order chi connectivity index (χ0) is 15.9. The molecule has 2 aromatic rings. The Bertz CT molecular complexity index is 795. The number of nitrogens with one attached hydrogen (secondary N) is 1. The van der Waals surface area contributed by atoms with Gasteiger partial charge in [-0.05, 0) is 18.9 Å². The summed E-state index contributed by atoms with van der Waals surface area (Å²) in [7, 11) is -4.51. The molecule has 0 amide bonds. The largest absolute Gasteiger partial charge is 0.469 e. The van der Waals surface area contributed by atoms with Crippen molar-refractivity contribution >= 4 is 24.8 Å². The fourth-order valence-electron chi connectivity index (χ4n) is 2.49. The van der Waals surface area contributed by atoms with Crippen LogP contribution in [0.1, 0.15) is 19.1 Å². The number of aromatic amines is 1. The van der Waals surface area contributed by atoms with E-state index in [0.717, 1.165) is 0 Å². The third-order valence-corrected chi connectivity index (χ3v) is 3.91. The van der Waals surface area contributed by atoms with E-state index in [9.17, 15) is 9.36 Å². The number of aromatic nitrogens is 3. The lowest BCUT2D eigenvalue weighted by Crippen LogP contribution is -2.17. The molecule has 1 aliphatic rings. The van der Waals surface area contributed by atoms with Crippen molar-refractivity contribution in [3.63, 3.8) is 0 Å². The van der Waals surface area contributed by atoms with Crippen molar-refractivity contribution in [2.45, 2.75) is 25.2 Å². The molecule has 0 unspecified atom stereocenters. The first-order chi connectivity index (χ1) is 10.3. The first-order valence-corrected chi connectivity index (χ1v) is 8.08. The van der Waals surface area contributed by atoms with Crippen LogP contribution >= 0.6 is 7.82 Å². The number of phosphoric acid groups is 1. The summed E-state index contributed by atoms with van der Waals surface area (Å²) in [5.41, 5.74) is 5.62. The van der Waals surface area contributed by atoms with Gasteiger partial charge in [-0.1, -0.05) is 0 Å². The van der Waals surface area contributed by atoms with E-state index < -0.39 is 20.2 Å². The molecule has 22 heavy (non-hydrogen) atoms. The molecule has 5 N–H and O–H groups in total. The number of ether oxygens (including phenoxy) is 1. The minimum atomic E-state index is -4.51. The molecule has 1 fully saturated rings. The van der Waals surface area contributed by atoms with Gasteiger partial charge in [-0.2, -0.15) is 4.98 Å². The van der Waals surface area contributed by atoms with Crippen molar-refractivity contribution in [3.8, 4) is 0 Å². The lowest BCUT2D eigenvalue weighted by molar-refractivity contribution is -0.0202. The SMILES string of the molecule is Nc1nc2c(ccn2[C@H]2CC[C@@H](COP(=O)(O)O)O2)c(=O)[nH]1. The number of nitrogens with zero attached hydrogens (tertiary/aromatic N) is 2. The van der Waals surface area contributed by atoms with E-state index in [0.29, 0.717) is 23.9 Å². The average molecular weight is 330 g/mol. The van der Waals surface area contributed by atoms with Gasteiger partial charge in [0.15, 0.2) is 5.65 Å². The molecule has 0 spiro atoms. The molecule has 11 heteroatoms. The van der Waals surface area contributed by atoms with E-state index in [1.54, 1.807) is 16.8 Å². The number of hydrogen-bond acceptors (Lipinski definition) is 6. The van der Waals surface area contributed by atoms with E-state index in [2.05, 4.69) is 14.5 Å². The number of nitrogens with two attached hydrogens (primary N) is 1. The number of nitrogen functional groups attached to an aromatic ring is 1. The van der Waals surface area contributed by atoms with Crippen molar-refractivity contribution < 1.29 is 23.6 Å². The minimum Gasteiger partial charge on any atom is -0.369 e. The number of H-pyrrole nitrogens is 1. The number of fused-ring (bicyclic) bond motifs is 1. The van der Waals surface area contributed by atoms with E-state index in [4.69, 9.17) is 20.3 Å². The summed E-state index contributed by atoms with van der Waals surface area (Å²) in [5, 5.41) is 0.396. The maximum absolute atomic E-state index is 11.8. The van der Waals surface area contributed by atoms with E-state index in [1.807, 2.05) is 0 Å². The Morgan fingerprint density at radius 1 is 1.55 bits per heavy atom. The zero-order valence-corrected chi connectivity index (χ0v) is 12.3. The lowest BCUT2D eigenvalue weighted by atomic mass is 10.2. The molecule has 10 nitrogen and oxygen atoms in total. The Hall–Kier alpha value is -1.71. The van der Waals surface area contributed by atoms with Gasteiger partial charge < -0.3 is 24.8 Å². The molecule has 2 atom stereocenters. The van der Waals surface area contributed by atoms with Crippen molar-refractivity contribution in [1.29, 1.82) is 0 Å². The van der Waals surface area contributed by atoms with E-state index in [-0.39, 0.29) is 18.1 Å². The van der Waals surface area contributed by atoms with E-state index in [1.165, 1.54) is 0 Å². The molecule has 2 aromatic heterocycles. The standard InChI is InChI=1S/C11H15N4O6P/c12-11-13-9-7(10(16)14-11)3-4-15(9)8-2-1-6(21-8)5-20-22(17,18)19/h3-4,6,8H,1-2,5H2,(H2,17,18,19)(H3,12,13,14,16)/t6-,8+/m0/s1. The second-order valence-corrected chi connectivity index (χ2v) is 6.23. The highest BCUT2D eigenvalue weighted by Crippen LogP contribution is 2.38. The molecule has 3 rings (SSSR count). The van der Waals surface area contributed by atoms with Crippen LogP contribution in [0.15, 0.2) is 17.1 Å². The first kappa shape index (κ1) is 15.2. The molecule has 0 bridgehead atoms. The highest BCUT2D eigenvalue weighted by molar-refractivity contribution is 7.46. The molecular weight excluding hydrogens is 315 g/mol. The number of anilines is 1. The first-order valence-electron chi connectivity index (χ1n) is 6.55. The summed E-state index contributed by atoms with van der Waals surface area (Å²) < 4.78 is 22.5. The van der Waals surface area contributed by atoms with Gasteiger partial charge in [0.2, 0.25) is 5.95 Å². The summed E-state index contributed by atoms with van der Waals surface area (Å²) in [4.78, 5) is 35.7. The fourth-order valence-corrected chi connectivity index (χ4v) is 2.85. The number of phosphoric ester groups is 1. The van der Waals surface area contributed by atoms with Crippen molar-refractivity contribution in [3.05, 3.63) is 22.6 Å². The van der Waals surface area contributed by atoms with Crippen LogP contribution in [-0.2, 0) is 13.8 Å². The molecule has 0 saturated carbocycles. The maximum atomic E-state index is 11.8. The second kappa shape index (κ2) is 5.49. The van der Waals surface area contributed by atoms with Gasteiger partial charge in [-0.25, -0.2) is 4.57 Å². The van der Waals surface area contributed by atoms with Crippen molar-refractivity contribution in [2.24, 2.45) is 0 Å². The van der Waals surface area contributed by atoms with Crippen LogP contribution < -0.4 is 11.3 Å². The van der Waals surface area contributed by atoms with Gasteiger partial charge in [0.05, 0.1) is 18.1 Å². The second-order valence-electron chi connectivity index (χ2n) is 4.99.